The summed E-state index contributed by atoms with van der Waals surface area (Å²) in [5.74, 6) is -0.293. The third kappa shape index (κ3) is 5.24. The number of ether oxygens (including phenoxy) is 5. The number of hydrogen-bond donors (Lipinski definition) is 6. The van der Waals surface area contributed by atoms with Crippen LogP contribution in [-0.4, -0.2) is 130 Å². The van der Waals surface area contributed by atoms with Crippen LogP contribution in [0.15, 0.2) is 0 Å². The van der Waals surface area contributed by atoms with E-state index in [1.807, 2.05) is 0 Å². The minimum atomic E-state index is -1.43. The fourth-order valence-electron chi connectivity index (χ4n) is 6.06. The van der Waals surface area contributed by atoms with Crippen LogP contribution < -0.4 is 0 Å². The Balaban J connectivity index is 1.56. The van der Waals surface area contributed by atoms with Crippen LogP contribution in [0.2, 0.25) is 0 Å². The molecule has 4 aliphatic rings. The van der Waals surface area contributed by atoms with Gasteiger partial charge in [-0.2, -0.15) is 0 Å². The molecule has 33 heavy (non-hydrogen) atoms. The first-order valence-corrected chi connectivity index (χ1v) is 11.8. The van der Waals surface area contributed by atoms with Gasteiger partial charge in [0.25, 0.3) is 0 Å². The highest BCUT2D eigenvalue weighted by atomic mass is 16.7. The number of rotatable bonds is 5. The molecule has 2 saturated heterocycles. The van der Waals surface area contributed by atoms with Crippen molar-refractivity contribution >= 4 is 0 Å². The summed E-state index contributed by atoms with van der Waals surface area (Å²) in [4.78, 5) is 0. The molecule has 11 heteroatoms. The first kappa shape index (κ1) is 25.6. The third-order valence-corrected chi connectivity index (χ3v) is 7.95. The Hall–Kier alpha value is -0.440. The SMILES string of the molecule is COC1CC(C2[OH+]C3CC(O)CC(O)C3CC2OC2OCC(O)C(O)C2O)CC(OC)C1O. The summed E-state index contributed by atoms with van der Waals surface area (Å²) in [6, 6.07) is 0. The molecule has 0 aromatic carbocycles. The smallest absolute Gasteiger partial charge is 0.186 e. The molecule has 0 spiro atoms. The normalized spacial score (nSPS) is 53.5. The molecule has 4 rings (SSSR count). The van der Waals surface area contributed by atoms with E-state index in [2.05, 4.69) is 0 Å². The number of aliphatic hydroxyl groups is 8. The lowest BCUT2D eigenvalue weighted by Gasteiger charge is -2.48. The lowest BCUT2D eigenvalue weighted by molar-refractivity contribution is -0.346. The van der Waals surface area contributed by atoms with Crippen molar-refractivity contribution in [1.82, 2.24) is 0 Å². The Bertz CT molecular complexity index is 623. The summed E-state index contributed by atoms with van der Waals surface area (Å²) >= 11 is 0. The van der Waals surface area contributed by atoms with Crippen molar-refractivity contribution in [2.24, 2.45) is 11.8 Å². The molecule has 4 fully saturated rings. The van der Waals surface area contributed by atoms with Crippen molar-refractivity contribution in [1.29, 1.82) is 0 Å². The van der Waals surface area contributed by atoms with Gasteiger partial charge in [-0.1, -0.05) is 0 Å². The molecule has 0 bridgehead atoms. The molecule has 2 aliphatic carbocycles. The Morgan fingerprint density at radius 2 is 1.39 bits per heavy atom. The third-order valence-electron chi connectivity index (χ3n) is 7.95. The van der Waals surface area contributed by atoms with Gasteiger partial charge in [-0.15, -0.1) is 0 Å². The van der Waals surface area contributed by atoms with Crippen LogP contribution in [0.25, 0.3) is 0 Å². The van der Waals surface area contributed by atoms with Crippen molar-refractivity contribution < 1.29 is 54.3 Å². The van der Waals surface area contributed by atoms with E-state index < -0.39 is 61.2 Å². The highest BCUT2D eigenvalue weighted by Crippen LogP contribution is 2.42. The molecule has 0 aromatic rings. The second kappa shape index (κ2) is 10.7. The molecule has 12 unspecified atom stereocenters. The van der Waals surface area contributed by atoms with E-state index in [0.717, 1.165) is 0 Å². The molecule has 2 saturated carbocycles. The van der Waals surface area contributed by atoms with Crippen molar-refractivity contribution in [3.8, 4) is 0 Å². The molecule has 11 nitrogen and oxygen atoms in total. The van der Waals surface area contributed by atoms with Crippen LogP contribution in [0, 0.1) is 11.8 Å². The average Bonchev–Trinajstić information content (AvgIpc) is 2.79. The topological polar surface area (TPSA) is 171 Å². The molecule has 12 atom stereocenters. The summed E-state index contributed by atoms with van der Waals surface area (Å²) in [6.45, 7) is -0.175. The van der Waals surface area contributed by atoms with Gasteiger partial charge in [0.2, 0.25) is 0 Å². The lowest BCUT2D eigenvalue weighted by atomic mass is 9.72. The second-order valence-electron chi connectivity index (χ2n) is 9.99. The van der Waals surface area contributed by atoms with E-state index >= 15 is 0 Å². The van der Waals surface area contributed by atoms with Crippen LogP contribution in [-0.2, 0) is 18.9 Å². The van der Waals surface area contributed by atoms with Crippen molar-refractivity contribution in [2.75, 3.05) is 20.8 Å². The van der Waals surface area contributed by atoms with Gasteiger partial charge in [-0.3, -0.25) is 0 Å². The van der Waals surface area contributed by atoms with E-state index in [1.165, 1.54) is 14.2 Å². The molecule has 2 heterocycles. The van der Waals surface area contributed by atoms with E-state index in [9.17, 15) is 30.6 Å². The maximum atomic E-state index is 10.6. The number of aliphatic hydroxyl groups excluding tert-OH is 6. The zero-order valence-electron chi connectivity index (χ0n) is 19.1. The zero-order valence-corrected chi connectivity index (χ0v) is 19.1. The minimum absolute atomic E-state index is 0.0818. The number of fused-ring (bicyclic) bond motifs is 1. The summed E-state index contributed by atoms with van der Waals surface area (Å²) in [6.07, 6.45) is -7.19. The summed E-state index contributed by atoms with van der Waals surface area (Å²) < 4.78 is 27.7. The van der Waals surface area contributed by atoms with E-state index in [1.54, 1.807) is 0 Å². The lowest BCUT2D eigenvalue weighted by Crippen LogP contribution is -2.62. The molecule has 0 aromatic heterocycles. The Labute approximate surface area is 193 Å². The van der Waals surface area contributed by atoms with Gasteiger partial charge in [-0.25, -0.2) is 0 Å². The fourth-order valence-corrected chi connectivity index (χ4v) is 6.06. The fraction of sp³-hybridized carbons (Fsp3) is 1.00. The van der Waals surface area contributed by atoms with Gasteiger partial charge in [-0.05, 0) is 19.3 Å². The van der Waals surface area contributed by atoms with Crippen LogP contribution >= 0.6 is 0 Å². The molecular weight excluding hydrogens is 440 g/mol. The Morgan fingerprint density at radius 3 is 2.03 bits per heavy atom. The molecular formula is C22H39O11+. The van der Waals surface area contributed by atoms with Crippen molar-refractivity contribution in [2.45, 2.75) is 106 Å². The molecule has 0 radical (unpaired) electrons. The molecule has 2 aliphatic heterocycles. The van der Waals surface area contributed by atoms with Gasteiger partial charge in [0.15, 0.2) is 18.5 Å². The van der Waals surface area contributed by atoms with Gasteiger partial charge in [0.1, 0.15) is 30.5 Å². The molecule has 0 amide bonds. The standard InChI is InChI=1S/C22H38O11/c1-29-15-3-9(4-16(30-2)19(15)27)21-17(33-22-20(28)18(26)13(25)8-31-22)7-11-12(24)5-10(23)6-14(11)32-21/h9-28H,3-8H2,1-2H3/p+1. The quantitative estimate of drug-likeness (QED) is 0.230. The van der Waals surface area contributed by atoms with Gasteiger partial charge < -0.3 is 54.3 Å². The van der Waals surface area contributed by atoms with Gasteiger partial charge >= 0.3 is 0 Å². The monoisotopic (exact) mass is 479 g/mol. The second-order valence-corrected chi connectivity index (χ2v) is 9.99. The summed E-state index contributed by atoms with van der Waals surface area (Å²) in [5, 5.41) is 61.6. The first-order chi connectivity index (χ1) is 15.7. The predicted molar refractivity (Wildman–Crippen MR) is 112 cm³/mol. The largest absolute Gasteiger partial charge is 0.427 e. The summed E-state index contributed by atoms with van der Waals surface area (Å²) in [5.41, 5.74) is 0. The highest BCUT2D eigenvalue weighted by Gasteiger charge is 2.55. The van der Waals surface area contributed by atoms with E-state index in [0.29, 0.717) is 25.7 Å². The zero-order chi connectivity index (χ0) is 23.9. The maximum absolute atomic E-state index is 10.6. The molecule has 7 N–H and O–H groups in total. The summed E-state index contributed by atoms with van der Waals surface area (Å²) in [7, 11) is 3.08. The first-order valence-electron chi connectivity index (χ1n) is 11.8. The van der Waals surface area contributed by atoms with Crippen molar-refractivity contribution in [3.05, 3.63) is 0 Å². The number of hydrogen-bond acceptors (Lipinski definition) is 10. The Morgan fingerprint density at radius 1 is 0.727 bits per heavy atom. The van der Waals surface area contributed by atoms with E-state index in [-0.39, 0.29) is 37.1 Å². The van der Waals surface area contributed by atoms with Crippen molar-refractivity contribution in [3.63, 3.8) is 0 Å². The van der Waals surface area contributed by atoms with Crippen LogP contribution in [0.1, 0.15) is 32.1 Å². The Kier molecular flexibility index (Phi) is 8.29. The number of methoxy groups -OCH3 is 2. The predicted octanol–water partition coefficient (Wildman–Crippen LogP) is -2.59. The van der Waals surface area contributed by atoms with Crippen LogP contribution in [0.3, 0.4) is 0 Å². The van der Waals surface area contributed by atoms with Crippen LogP contribution in [0.4, 0.5) is 0 Å². The maximum Gasteiger partial charge on any atom is 0.186 e. The minimum Gasteiger partial charge on any atom is -0.427 e. The molecule has 192 valence electrons. The van der Waals surface area contributed by atoms with Gasteiger partial charge in [0.05, 0.1) is 36.9 Å². The van der Waals surface area contributed by atoms with Crippen LogP contribution in [0.5, 0.6) is 0 Å². The average molecular weight is 480 g/mol. The van der Waals surface area contributed by atoms with Gasteiger partial charge in [0, 0.05) is 33.0 Å². The van der Waals surface area contributed by atoms with E-state index in [4.69, 9.17) is 23.7 Å². The highest BCUT2D eigenvalue weighted by molar-refractivity contribution is 4.99.